The summed E-state index contributed by atoms with van der Waals surface area (Å²) in [4.78, 5) is 23.0. The van der Waals surface area contributed by atoms with Crippen molar-refractivity contribution < 1.29 is 28.7 Å². The third-order valence-corrected chi connectivity index (χ3v) is 5.15. The van der Waals surface area contributed by atoms with E-state index in [0.29, 0.717) is 19.6 Å². The van der Waals surface area contributed by atoms with Crippen molar-refractivity contribution >= 4 is 11.7 Å². The van der Waals surface area contributed by atoms with Crippen molar-refractivity contribution in [2.75, 3.05) is 6.61 Å². The van der Waals surface area contributed by atoms with Gasteiger partial charge in [0.05, 0.1) is 29.8 Å². The molecule has 1 fully saturated rings. The standard InChI is InChI=1S/C25H29NO7/c1-18(30-16-19-9-5-4-6-10-19)8-7-11-22(23-17-31-25(2,3)33-23)32-24(27)20-12-14-21(15-13-20)26(28)29/h4-10,12-15,18,22-23H,11,16-17H2,1-3H3/b8-7-/t18-,22-,23-/m0/s1. The first-order valence-electron chi connectivity index (χ1n) is 10.8. The molecule has 1 aliphatic heterocycles. The zero-order chi connectivity index (χ0) is 23.8. The number of hydrogen-bond donors (Lipinski definition) is 0. The molecule has 0 aromatic heterocycles. The normalized spacial score (nSPS) is 19.3. The Morgan fingerprint density at radius 2 is 1.91 bits per heavy atom. The molecule has 2 aromatic carbocycles. The largest absolute Gasteiger partial charge is 0.456 e. The Labute approximate surface area is 193 Å². The minimum Gasteiger partial charge on any atom is -0.456 e. The molecule has 0 spiro atoms. The topological polar surface area (TPSA) is 97.1 Å². The predicted octanol–water partition coefficient (Wildman–Crippen LogP) is 4.82. The van der Waals surface area contributed by atoms with E-state index >= 15 is 0 Å². The number of carbonyl (C=O) groups is 1. The third-order valence-electron chi connectivity index (χ3n) is 5.15. The van der Waals surface area contributed by atoms with E-state index in [1.54, 1.807) is 13.8 Å². The quantitative estimate of drug-likeness (QED) is 0.219. The molecule has 8 heteroatoms. The Morgan fingerprint density at radius 3 is 2.52 bits per heavy atom. The molecule has 176 valence electrons. The van der Waals surface area contributed by atoms with E-state index in [1.807, 2.05) is 49.4 Å². The van der Waals surface area contributed by atoms with Crippen LogP contribution >= 0.6 is 0 Å². The van der Waals surface area contributed by atoms with E-state index in [0.717, 1.165) is 5.56 Å². The van der Waals surface area contributed by atoms with Gasteiger partial charge in [0.2, 0.25) is 0 Å². The highest BCUT2D eigenvalue weighted by atomic mass is 16.8. The zero-order valence-corrected chi connectivity index (χ0v) is 19.0. The number of benzene rings is 2. The van der Waals surface area contributed by atoms with E-state index in [9.17, 15) is 14.9 Å². The molecule has 0 amide bonds. The fourth-order valence-electron chi connectivity index (χ4n) is 3.36. The molecule has 33 heavy (non-hydrogen) atoms. The molecule has 0 radical (unpaired) electrons. The summed E-state index contributed by atoms with van der Waals surface area (Å²) in [7, 11) is 0. The van der Waals surface area contributed by atoms with Crippen molar-refractivity contribution in [1.82, 2.24) is 0 Å². The number of non-ortho nitro benzene ring substituents is 1. The lowest BCUT2D eigenvalue weighted by Crippen LogP contribution is -2.34. The average Bonchev–Trinajstić information content (AvgIpc) is 3.17. The van der Waals surface area contributed by atoms with Crippen LogP contribution in [0.25, 0.3) is 0 Å². The average molecular weight is 456 g/mol. The van der Waals surface area contributed by atoms with Crippen LogP contribution in [0, 0.1) is 10.1 Å². The summed E-state index contributed by atoms with van der Waals surface area (Å²) in [6.45, 7) is 6.34. The van der Waals surface area contributed by atoms with Gasteiger partial charge in [-0.05, 0) is 38.5 Å². The maximum Gasteiger partial charge on any atom is 0.338 e. The molecule has 1 aliphatic rings. The van der Waals surface area contributed by atoms with Gasteiger partial charge in [0.15, 0.2) is 5.79 Å². The van der Waals surface area contributed by atoms with Crippen molar-refractivity contribution in [3.8, 4) is 0 Å². The maximum absolute atomic E-state index is 12.7. The van der Waals surface area contributed by atoms with E-state index in [2.05, 4.69) is 0 Å². The first-order valence-corrected chi connectivity index (χ1v) is 10.8. The fraction of sp³-hybridized carbons (Fsp3) is 0.400. The van der Waals surface area contributed by atoms with Gasteiger partial charge in [-0.2, -0.15) is 0 Å². The van der Waals surface area contributed by atoms with Crippen LogP contribution in [0.5, 0.6) is 0 Å². The Kier molecular flexibility index (Phi) is 8.32. The number of carbonyl (C=O) groups excluding carboxylic acids is 1. The highest BCUT2D eigenvalue weighted by Crippen LogP contribution is 2.27. The Morgan fingerprint density at radius 1 is 1.21 bits per heavy atom. The first kappa shape index (κ1) is 24.6. The predicted molar refractivity (Wildman–Crippen MR) is 122 cm³/mol. The Balaban J connectivity index is 1.61. The minimum atomic E-state index is -0.765. The number of nitro benzene ring substituents is 1. The number of nitro groups is 1. The monoisotopic (exact) mass is 455 g/mol. The number of ether oxygens (including phenoxy) is 4. The fourth-order valence-corrected chi connectivity index (χ4v) is 3.36. The molecule has 2 aromatic rings. The van der Waals surface area contributed by atoms with Gasteiger partial charge < -0.3 is 18.9 Å². The van der Waals surface area contributed by atoms with Crippen molar-refractivity contribution in [3.63, 3.8) is 0 Å². The lowest BCUT2D eigenvalue weighted by atomic mass is 10.1. The number of hydrogen-bond acceptors (Lipinski definition) is 7. The molecule has 0 aliphatic carbocycles. The molecular weight excluding hydrogens is 426 g/mol. The molecule has 1 saturated heterocycles. The first-order chi connectivity index (χ1) is 15.7. The molecule has 0 unspecified atom stereocenters. The second-order valence-electron chi connectivity index (χ2n) is 8.28. The minimum absolute atomic E-state index is 0.0928. The molecule has 8 nitrogen and oxygen atoms in total. The van der Waals surface area contributed by atoms with Gasteiger partial charge >= 0.3 is 5.97 Å². The Hall–Kier alpha value is -3.07. The van der Waals surface area contributed by atoms with Gasteiger partial charge in [-0.25, -0.2) is 4.79 Å². The molecule has 0 N–H and O–H groups in total. The van der Waals surface area contributed by atoms with Gasteiger partial charge in [0, 0.05) is 18.6 Å². The number of nitrogens with zero attached hydrogens (tertiary/aromatic N) is 1. The zero-order valence-electron chi connectivity index (χ0n) is 19.0. The van der Waals surface area contributed by atoms with Crippen LogP contribution in [0.1, 0.15) is 43.1 Å². The van der Waals surface area contributed by atoms with Crippen molar-refractivity contribution in [2.45, 2.75) is 57.9 Å². The molecule has 0 saturated carbocycles. The van der Waals surface area contributed by atoms with E-state index in [1.165, 1.54) is 24.3 Å². The number of esters is 1. The van der Waals surface area contributed by atoms with Crippen LogP contribution < -0.4 is 0 Å². The summed E-state index contributed by atoms with van der Waals surface area (Å²) in [5, 5.41) is 10.8. The van der Waals surface area contributed by atoms with Crippen molar-refractivity contribution in [2.24, 2.45) is 0 Å². The lowest BCUT2D eigenvalue weighted by molar-refractivity contribution is -0.384. The van der Waals surface area contributed by atoms with Crippen molar-refractivity contribution in [3.05, 3.63) is 88.0 Å². The molecule has 3 atom stereocenters. The van der Waals surface area contributed by atoms with Crippen LogP contribution in [0.15, 0.2) is 66.7 Å². The smallest absolute Gasteiger partial charge is 0.338 e. The maximum atomic E-state index is 12.7. The van der Waals surface area contributed by atoms with Crippen LogP contribution in [0.3, 0.4) is 0 Å². The van der Waals surface area contributed by atoms with Gasteiger partial charge in [0.1, 0.15) is 12.2 Å². The molecule has 1 heterocycles. The van der Waals surface area contributed by atoms with Gasteiger partial charge in [-0.1, -0.05) is 42.5 Å². The highest BCUT2D eigenvalue weighted by molar-refractivity contribution is 5.89. The second-order valence-corrected chi connectivity index (χ2v) is 8.28. The van der Waals surface area contributed by atoms with Crippen LogP contribution in [0.4, 0.5) is 5.69 Å². The molecule has 0 bridgehead atoms. The summed E-state index contributed by atoms with van der Waals surface area (Å²) in [6, 6.07) is 15.2. The summed E-state index contributed by atoms with van der Waals surface area (Å²) in [6.07, 6.45) is 3.06. The summed E-state index contributed by atoms with van der Waals surface area (Å²) in [5.41, 5.74) is 1.23. The third kappa shape index (κ3) is 7.49. The Bertz CT molecular complexity index is 956. The highest BCUT2D eigenvalue weighted by Gasteiger charge is 2.38. The molecule has 3 rings (SSSR count). The summed E-state index contributed by atoms with van der Waals surface area (Å²) >= 11 is 0. The van der Waals surface area contributed by atoms with Crippen molar-refractivity contribution in [1.29, 1.82) is 0 Å². The van der Waals surface area contributed by atoms with E-state index in [-0.39, 0.29) is 17.4 Å². The van der Waals surface area contributed by atoms with Crippen LogP contribution in [0.2, 0.25) is 0 Å². The summed E-state index contributed by atoms with van der Waals surface area (Å²) < 4.78 is 23.1. The van der Waals surface area contributed by atoms with Crippen LogP contribution in [-0.4, -0.2) is 41.6 Å². The van der Waals surface area contributed by atoms with Crippen LogP contribution in [-0.2, 0) is 25.6 Å². The molecular formula is C25H29NO7. The van der Waals surface area contributed by atoms with Gasteiger partial charge in [0.25, 0.3) is 5.69 Å². The lowest BCUT2D eigenvalue weighted by Gasteiger charge is -2.23. The summed E-state index contributed by atoms with van der Waals surface area (Å²) in [5.74, 6) is -1.34. The van der Waals surface area contributed by atoms with E-state index in [4.69, 9.17) is 18.9 Å². The van der Waals surface area contributed by atoms with Gasteiger partial charge in [-0.3, -0.25) is 10.1 Å². The SMILES string of the molecule is C[C@@H](/C=C\C[C@H](OC(=O)c1ccc([N+](=O)[O-])cc1)[C@@H]1COC(C)(C)O1)OCc1ccccc1. The second kappa shape index (κ2) is 11.2. The van der Waals surface area contributed by atoms with Gasteiger partial charge in [-0.15, -0.1) is 0 Å². The number of rotatable bonds is 10. The van der Waals surface area contributed by atoms with E-state index < -0.39 is 28.9 Å².